The zero-order chi connectivity index (χ0) is 15.1. The maximum Gasteiger partial charge on any atom is 0.328 e. The number of nitrogens with one attached hydrogen (secondary N) is 1. The van der Waals surface area contributed by atoms with Gasteiger partial charge < -0.3 is 9.84 Å². The van der Waals surface area contributed by atoms with E-state index in [1.165, 1.54) is 0 Å². The Hall–Kier alpha value is -1.04. The quantitative estimate of drug-likeness (QED) is 0.734. The summed E-state index contributed by atoms with van der Waals surface area (Å²) in [5.74, 6) is 0.0129. The van der Waals surface area contributed by atoms with Crippen LogP contribution in [-0.2, 0) is 15.1 Å². The van der Waals surface area contributed by atoms with E-state index in [2.05, 4.69) is 5.32 Å². The van der Waals surface area contributed by atoms with Crippen molar-refractivity contribution in [1.82, 2.24) is 5.32 Å². The van der Waals surface area contributed by atoms with Gasteiger partial charge >= 0.3 is 5.97 Å². The Bertz CT molecular complexity index is 450. The van der Waals surface area contributed by atoms with E-state index >= 15 is 0 Å². The molecule has 1 heterocycles. The summed E-state index contributed by atoms with van der Waals surface area (Å²) in [5, 5.41) is 13.6. The second-order valence-electron chi connectivity index (χ2n) is 5.28. The van der Waals surface area contributed by atoms with Gasteiger partial charge in [-0.2, -0.15) is 11.8 Å². The number of carbonyl (C=O) groups is 1. The summed E-state index contributed by atoms with van der Waals surface area (Å²) in [6, 6.07) is 9.50. The Morgan fingerprint density at radius 1 is 1.43 bits per heavy atom. The normalized spacial score (nSPS) is 18.0. The van der Waals surface area contributed by atoms with Crippen molar-refractivity contribution in [3.05, 3.63) is 35.9 Å². The molecule has 1 aliphatic heterocycles. The highest BCUT2D eigenvalue weighted by Gasteiger charge is 2.39. The highest BCUT2D eigenvalue weighted by Crippen LogP contribution is 2.30. The molecule has 1 aromatic carbocycles. The molecule has 0 amide bonds. The van der Waals surface area contributed by atoms with E-state index in [1.807, 2.05) is 49.0 Å². The molecular weight excluding hydrogens is 286 g/mol. The van der Waals surface area contributed by atoms with Gasteiger partial charge in [-0.1, -0.05) is 37.3 Å². The molecule has 0 aliphatic carbocycles. The monoisotopic (exact) mass is 309 g/mol. The Kier molecular flexibility index (Phi) is 6.08. The van der Waals surface area contributed by atoms with Crippen LogP contribution in [0.3, 0.4) is 0 Å². The van der Waals surface area contributed by atoms with Gasteiger partial charge in [-0.3, -0.25) is 5.32 Å². The van der Waals surface area contributed by atoms with Crippen LogP contribution in [0, 0.1) is 0 Å². The molecule has 0 radical (unpaired) electrons. The lowest BCUT2D eigenvalue weighted by atomic mass is 9.87. The van der Waals surface area contributed by atoms with Gasteiger partial charge in [0.05, 0.1) is 18.5 Å². The van der Waals surface area contributed by atoms with Crippen LogP contribution in [0.4, 0.5) is 0 Å². The van der Waals surface area contributed by atoms with Crippen molar-refractivity contribution >= 4 is 17.7 Å². The van der Waals surface area contributed by atoms with Gasteiger partial charge in [0, 0.05) is 0 Å². The number of hydrogen-bond donors (Lipinski definition) is 2. The summed E-state index contributed by atoms with van der Waals surface area (Å²) >= 11 is 1.81. The third-order valence-electron chi connectivity index (χ3n) is 3.75. The molecule has 1 fully saturated rings. The molecule has 1 atom stereocenters. The van der Waals surface area contributed by atoms with Gasteiger partial charge in [0.25, 0.3) is 0 Å². The van der Waals surface area contributed by atoms with E-state index < -0.39 is 11.5 Å². The minimum atomic E-state index is -0.991. The summed E-state index contributed by atoms with van der Waals surface area (Å²) in [4.78, 5) is 12.0. The average molecular weight is 309 g/mol. The number of rotatable bonds is 9. The van der Waals surface area contributed by atoms with Crippen LogP contribution >= 0.6 is 11.8 Å². The number of ether oxygens (including phenoxy) is 1. The summed E-state index contributed by atoms with van der Waals surface area (Å²) in [5.41, 5.74) is -0.161. The minimum Gasteiger partial charge on any atom is -0.480 e. The molecule has 5 heteroatoms. The van der Waals surface area contributed by atoms with Crippen LogP contribution in [0.2, 0.25) is 0 Å². The third kappa shape index (κ3) is 3.99. The van der Waals surface area contributed by atoms with E-state index in [0.29, 0.717) is 18.2 Å². The molecule has 1 aromatic rings. The Balaban J connectivity index is 2.11. The van der Waals surface area contributed by atoms with Crippen molar-refractivity contribution in [3.63, 3.8) is 0 Å². The summed E-state index contributed by atoms with van der Waals surface area (Å²) in [6.45, 7) is 4.32. The fourth-order valence-corrected chi connectivity index (χ4v) is 3.53. The molecule has 0 saturated carbocycles. The van der Waals surface area contributed by atoms with Gasteiger partial charge in [0.1, 0.15) is 5.54 Å². The van der Waals surface area contributed by atoms with E-state index in [1.54, 1.807) is 0 Å². The highest BCUT2D eigenvalue weighted by atomic mass is 32.2. The lowest BCUT2D eigenvalue weighted by Crippen LogP contribution is -2.50. The Labute approximate surface area is 130 Å². The highest BCUT2D eigenvalue weighted by molar-refractivity contribution is 8.00. The number of benzene rings is 1. The molecule has 0 spiro atoms. The zero-order valence-electron chi connectivity index (χ0n) is 12.4. The third-order valence-corrected chi connectivity index (χ3v) is 4.93. The maximum absolute atomic E-state index is 12.0. The topological polar surface area (TPSA) is 58.6 Å². The second-order valence-corrected chi connectivity index (χ2v) is 6.69. The SMILES string of the molecule is CCCNC(CCSC1COC1)(C(=O)O)c1ccccc1. The first-order chi connectivity index (χ1) is 10.2. The number of carboxylic acids is 1. The van der Waals surface area contributed by atoms with Gasteiger partial charge in [0.15, 0.2) is 0 Å². The van der Waals surface area contributed by atoms with E-state index in [4.69, 9.17) is 4.74 Å². The summed E-state index contributed by atoms with van der Waals surface area (Å²) < 4.78 is 5.16. The van der Waals surface area contributed by atoms with Gasteiger partial charge in [-0.25, -0.2) is 4.79 Å². The largest absolute Gasteiger partial charge is 0.480 e. The van der Waals surface area contributed by atoms with Gasteiger partial charge in [-0.05, 0) is 30.7 Å². The van der Waals surface area contributed by atoms with Crippen LogP contribution in [0.5, 0.6) is 0 Å². The van der Waals surface area contributed by atoms with Crippen molar-refractivity contribution in [3.8, 4) is 0 Å². The molecule has 2 N–H and O–H groups in total. The molecule has 0 aromatic heterocycles. The van der Waals surface area contributed by atoms with Crippen molar-refractivity contribution in [2.45, 2.75) is 30.6 Å². The standard InChI is InChI=1S/C16H23NO3S/c1-2-9-17-16(15(18)19,13-6-4-3-5-7-13)8-10-21-14-11-20-12-14/h3-7,14,17H,2,8-12H2,1H3,(H,18,19). The molecule has 4 nitrogen and oxygen atoms in total. The van der Waals surface area contributed by atoms with Gasteiger partial charge in [0.2, 0.25) is 0 Å². The molecule has 2 rings (SSSR count). The van der Waals surface area contributed by atoms with Crippen molar-refractivity contribution in [2.24, 2.45) is 0 Å². The second kappa shape index (κ2) is 7.82. The molecule has 116 valence electrons. The lowest BCUT2D eigenvalue weighted by molar-refractivity contribution is -0.145. The average Bonchev–Trinajstić information content (AvgIpc) is 2.45. The predicted molar refractivity (Wildman–Crippen MR) is 85.7 cm³/mol. The van der Waals surface area contributed by atoms with E-state index in [9.17, 15) is 9.90 Å². The van der Waals surface area contributed by atoms with E-state index in [-0.39, 0.29) is 0 Å². The fourth-order valence-electron chi connectivity index (χ4n) is 2.39. The van der Waals surface area contributed by atoms with Crippen LogP contribution in [0.25, 0.3) is 0 Å². The predicted octanol–water partition coefficient (Wildman–Crippen LogP) is 2.49. The first kappa shape index (κ1) is 16.3. The maximum atomic E-state index is 12.0. The van der Waals surface area contributed by atoms with Crippen molar-refractivity contribution in [2.75, 3.05) is 25.5 Å². The van der Waals surface area contributed by atoms with Crippen molar-refractivity contribution in [1.29, 1.82) is 0 Å². The first-order valence-electron chi connectivity index (χ1n) is 7.42. The first-order valence-corrected chi connectivity index (χ1v) is 8.47. The summed E-state index contributed by atoms with van der Waals surface area (Å²) in [6.07, 6.45) is 1.49. The lowest BCUT2D eigenvalue weighted by Gasteiger charge is -2.32. The van der Waals surface area contributed by atoms with Crippen molar-refractivity contribution < 1.29 is 14.6 Å². The Morgan fingerprint density at radius 3 is 2.67 bits per heavy atom. The van der Waals surface area contributed by atoms with Gasteiger partial charge in [-0.15, -0.1) is 0 Å². The fraction of sp³-hybridized carbons (Fsp3) is 0.562. The molecule has 1 unspecified atom stereocenters. The molecule has 1 aliphatic rings. The zero-order valence-corrected chi connectivity index (χ0v) is 13.2. The smallest absolute Gasteiger partial charge is 0.328 e. The van der Waals surface area contributed by atoms with Crippen LogP contribution in [-0.4, -0.2) is 41.8 Å². The number of hydrogen-bond acceptors (Lipinski definition) is 4. The van der Waals surface area contributed by atoms with Crippen LogP contribution in [0.1, 0.15) is 25.3 Å². The van der Waals surface area contributed by atoms with Crippen LogP contribution in [0.15, 0.2) is 30.3 Å². The van der Waals surface area contributed by atoms with E-state index in [0.717, 1.165) is 31.0 Å². The Morgan fingerprint density at radius 2 is 2.14 bits per heavy atom. The molecule has 1 saturated heterocycles. The number of carboxylic acid groups (broad SMARTS) is 1. The van der Waals surface area contributed by atoms with Crippen LogP contribution < -0.4 is 5.32 Å². The molecular formula is C16H23NO3S. The summed E-state index contributed by atoms with van der Waals surface area (Å²) in [7, 11) is 0. The number of aliphatic carboxylic acids is 1. The molecule has 0 bridgehead atoms. The molecule has 21 heavy (non-hydrogen) atoms. The number of thioether (sulfide) groups is 1. The minimum absolute atomic E-state index is 0.526.